The van der Waals surface area contributed by atoms with E-state index in [1.54, 1.807) is 18.2 Å². The van der Waals surface area contributed by atoms with E-state index < -0.39 is 12.5 Å². The van der Waals surface area contributed by atoms with Crippen molar-refractivity contribution in [2.45, 2.75) is 6.61 Å². The summed E-state index contributed by atoms with van der Waals surface area (Å²) < 4.78 is 29.0. The quantitative estimate of drug-likeness (QED) is 0.398. The van der Waals surface area contributed by atoms with Crippen molar-refractivity contribution in [3.05, 3.63) is 72.6 Å². The van der Waals surface area contributed by atoms with Crippen molar-refractivity contribution < 1.29 is 18.3 Å². The van der Waals surface area contributed by atoms with Crippen LogP contribution in [-0.4, -0.2) is 29.5 Å². The number of H-pyrrole nitrogens is 1. The lowest BCUT2D eigenvalue weighted by molar-refractivity contribution is -0.0498. The van der Waals surface area contributed by atoms with Crippen LogP contribution in [0.3, 0.4) is 0 Å². The normalized spacial score (nSPS) is 11.0. The molecule has 0 unspecified atom stereocenters. The Morgan fingerprint density at radius 1 is 1.16 bits per heavy atom. The number of nitrogens with zero attached hydrogens (tertiary/aromatic N) is 2. The molecule has 9 heteroatoms. The molecule has 158 valence electrons. The molecular weight excluding hydrogens is 404 g/mol. The molecular formula is C22H19F2N5O2. The zero-order valence-electron chi connectivity index (χ0n) is 16.5. The smallest absolute Gasteiger partial charge is 0.387 e. The third kappa shape index (κ3) is 4.25. The molecule has 2 heterocycles. The zero-order valence-corrected chi connectivity index (χ0v) is 16.5. The van der Waals surface area contributed by atoms with Gasteiger partial charge in [-0.1, -0.05) is 6.07 Å². The number of pyridine rings is 1. The van der Waals surface area contributed by atoms with Crippen LogP contribution in [0.4, 0.5) is 31.7 Å². The third-order valence-electron chi connectivity index (χ3n) is 4.79. The topological polar surface area (TPSA) is 96.3 Å². The number of carbonyl (C=O) groups excluding carboxylic acids is 1. The summed E-state index contributed by atoms with van der Waals surface area (Å²) in [5, 5.41) is 4.08. The lowest BCUT2D eigenvalue weighted by atomic mass is 10.1. The Hall–Kier alpha value is -4.14. The van der Waals surface area contributed by atoms with E-state index in [0.717, 1.165) is 16.6 Å². The summed E-state index contributed by atoms with van der Waals surface area (Å²) >= 11 is 0. The van der Waals surface area contributed by atoms with Crippen LogP contribution in [0.1, 0.15) is 10.4 Å². The van der Waals surface area contributed by atoms with Crippen LogP contribution < -0.4 is 20.7 Å². The molecule has 31 heavy (non-hydrogen) atoms. The van der Waals surface area contributed by atoms with Crippen LogP contribution in [0, 0.1) is 0 Å². The number of fused-ring (bicyclic) bond motifs is 1. The van der Waals surface area contributed by atoms with Crippen molar-refractivity contribution in [2.75, 3.05) is 17.3 Å². The third-order valence-corrected chi connectivity index (χ3v) is 4.79. The number of anilines is 4. The molecule has 0 bridgehead atoms. The molecule has 0 aliphatic heterocycles. The minimum absolute atomic E-state index is 0.0533. The van der Waals surface area contributed by atoms with Gasteiger partial charge >= 0.3 is 6.61 Å². The standard InChI is InChI=1S/C22H19F2N5O2/c1-29(18-4-2-3-17-15(18)9-10-26-17)19-11-20(27-12-16(19)21(25)30)28-13-5-7-14(8-6-13)31-22(23)24/h2-12,22,26H,1H3,(H2,25,30)(H,27,28). The van der Waals surface area contributed by atoms with Gasteiger partial charge in [0.1, 0.15) is 11.6 Å². The number of alkyl halides is 2. The highest BCUT2D eigenvalue weighted by Gasteiger charge is 2.17. The van der Waals surface area contributed by atoms with Gasteiger partial charge < -0.3 is 25.7 Å². The molecule has 2 aromatic heterocycles. The molecule has 0 spiro atoms. The van der Waals surface area contributed by atoms with Crippen LogP contribution >= 0.6 is 0 Å². The highest BCUT2D eigenvalue weighted by atomic mass is 19.3. The second-order valence-electron chi connectivity index (χ2n) is 6.75. The second kappa shape index (κ2) is 8.31. The van der Waals surface area contributed by atoms with Gasteiger partial charge in [-0.15, -0.1) is 0 Å². The average molecular weight is 423 g/mol. The predicted molar refractivity (Wildman–Crippen MR) is 115 cm³/mol. The van der Waals surface area contributed by atoms with E-state index in [-0.39, 0.29) is 11.3 Å². The zero-order chi connectivity index (χ0) is 22.0. The summed E-state index contributed by atoms with van der Waals surface area (Å²) in [6.45, 7) is -2.88. The first kappa shape index (κ1) is 20.1. The van der Waals surface area contributed by atoms with E-state index >= 15 is 0 Å². The van der Waals surface area contributed by atoms with Crippen LogP contribution in [0.2, 0.25) is 0 Å². The van der Waals surface area contributed by atoms with Crippen LogP contribution in [-0.2, 0) is 0 Å². The lowest BCUT2D eigenvalue weighted by Crippen LogP contribution is -2.19. The van der Waals surface area contributed by atoms with Gasteiger partial charge in [0, 0.05) is 42.1 Å². The largest absolute Gasteiger partial charge is 0.435 e. The monoisotopic (exact) mass is 423 g/mol. The SMILES string of the molecule is CN(c1cc(Nc2ccc(OC(F)F)cc2)ncc1C(N)=O)c1cccc2[nH]ccc12. The number of nitrogens with one attached hydrogen (secondary N) is 2. The van der Waals surface area contributed by atoms with Crippen LogP contribution in [0.25, 0.3) is 10.9 Å². The van der Waals surface area contributed by atoms with Crippen molar-refractivity contribution in [3.8, 4) is 5.75 Å². The van der Waals surface area contributed by atoms with Gasteiger partial charge in [0.15, 0.2) is 0 Å². The first-order valence-electron chi connectivity index (χ1n) is 9.34. The second-order valence-corrected chi connectivity index (χ2v) is 6.75. The number of halogens is 2. The van der Waals surface area contributed by atoms with Gasteiger partial charge in [0.25, 0.3) is 5.91 Å². The summed E-state index contributed by atoms with van der Waals surface area (Å²) in [5.41, 5.74) is 8.86. The molecule has 1 amide bonds. The summed E-state index contributed by atoms with van der Waals surface area (Å²) in [6.07, 6.45) is 3.25. The number of carbonyl (C=O) groups is 1. The number of aromatic nitrogens is 2. The van der Waals surface area contributed by atoms with E-state index in [9.17, 15) is 13.6 Å². The minimum atomic E-state index is -2.88. The molecule has 2 aromatic carbocycles. The van der Waals surface area contributed by atoms with Crippen molar-refractivity contribution in [1.29, 1.82) is 0 Å². The molecule has 0 saturated carbocycles. The molecule has 7 nitrogen and oxygen atoms in total. The summed E-state index contributed by atoms with van der Waals surface area (Å²) in [4.78, 5) is 21.3. The lowest BCUT2D eigenvalue weighted by Gasteiger charge is -2.23. The number of rotatable bonds is 7. The Morgan fingerprint density at radius 2 is 1.94 bits per heavy atom. The molecule has 0 atom stereocenters. The van der Waals surface area contributed by atoms with Gasteiger partial charge in [-0.3, -0.25) is 4.79 Å². The minimum Gasteiger partial charge on any atom is -0.435 e. The van der Waals surface area contributed by atoms with Crippen molar-refractivity contribution in [2.24, 2.45) is 5.73 Å². The van der Waals surface area contributed by atoms with Gasteiger partial charge in [-0.05, 0) is 42.5 Å². The highest BCUT2D eigenvalue weighted by molar-refractivity contribution is 6.02. The molecule has 4 aromatic rings. The first-order chi connectivity index (χ1) is 14.9. The molecule has 0 saturated heterocycles. The number of primary amides is 1. The number of ether oxygens (including phenoxy) is 1. The Bertz CT molecular complexity index is 1220. The molecule has 4 N–H and O–H groups in total. The van der Waals surface area contributed by atoms with E-state index in [0.29, 0.717) is 17.2 Å². The molecule has 0 aliphatic rings. The van der Waals surface area contributed by atoms with Crippen molar-refractivity contribution in [3.63, 3.8) is 0 Å². The fourth-order valence-corrected chi connectivity index (χ4v) is 3.34. The maximum Gasteiger partial charge on any atom is 0.387 e. The number of benzene rings is 2. The predicted octanol–water partition coefficient (Wildman–Crippen LogP) is 4.77. The van der Waals surface area contributed by atoms with Gasteiger partial charge in [-0.25, -0.2) is 4.98 Å². The Kier molecular flexibility index (Phi) is 5.40. The first-order valence-corrected chi connectivity index (χ1v) is 9.34. The maximum absolute atomic E-state index is 12.3. The van der Waals surface area contributed by atoms with Gasteiger partial charge in [0.2, 0.25) is 0 Å². The van der Waals surface area contributed by atoms with Gasteiger partial charge in [-0.2, -0.15) is 8.78 Å². The Balaban J connectivity index is 1.67. The fraction of sp³-hybridized carbons (Fsp3) is 0.0909. The van der Waals surface area contributed by atoms with Gasteiger partial charge in [0.05, 0.1) is 16.9 Å². The highest BCUT2D eigenvalue weighted by Crippen LogP contribution is 2.34. The summed E-state index contributed by atoms with van der Waals surface area (Å²) in [7, 11) is 1.84. The van der Waals surface area contributed by atoms with Crippen LogP contribution in [0.5, 0.6) is 5.75 Å². The Labute approximate surface area is 176 Å². The van der Waals surface area contributed by atoms with Crippen LogP contribution in [0.15, 0.2) is 67.0 Å². The number of aromatic amines is 1. The van der Waals surface area contributed by atoms with E-state index in [1.165, 1.54) is 18.3 Å². The summed E-state index contributed by atoms with van der Waals surface area (Å²) in [5.74, 6) is -0.0936. The van der Waals surface area contributed by atoms with E-state index in [4.69, 9.17) is 5.73 Å². The number of nitrogens with two attached hydrogens (primary N) is 1. The number of amides is 1. The molecule has 0 aliphatic carbocycles. The average Bonchev–Trinajstić information content (AvgIpc) is 3.23. The molecule has 4 rings (SSSR count). The van der Waals surface area contributed by atoms with Crippen molar-refractivity contribution >= 4 is 39.7 Å². The Morgan fingerprint density at radius 3 is 2.65 bits per heavy atom. The van der Waals surface area contributed by atoms with Crippen molar-refractivity contribution in [1.82, 2.24) is 9.97 Å². The van der Waals surface area contributed by atoms with E-state index in [2.05, 4.69) is 20.0 Å². The van der Waals surface area contributed by atoms with E-state index in [1.807, 2.05) is 42.4 Å². The number of hydrogen-bond acceptors (Lipinski definition) is 5. The molecule has 0 radical (unpaired) electrons. The summed E-state index contributed by atoms with van der Waals surface area (Å²) in [6, 6.07) is 15.5. The maximum atomic E-state index is 12.3. The number of hydrogen-bond donors (Lipinski definition) is 3. The fourth-order valence-electron chi connectivity index (χ4n) is 3.34. The molecule has 0 fully saturated rings.